The summed E-state index contributed by atoms with van der Waals surface area (Å²) in [5.41, 5.74) is 2.76. The van der Waals surface area contributed by atoms with E-state index in [0.29, 0.717) is 0 Å². The summed E-state index contributed by atoms with van der Waals surface area (Å²) in [4.78, 5) is 35.9. The highest BCUT2D eigenvalue weighted by molar-refractivity contribution is 7.88. The second kappa shape index (κ2) is 8.64. The Hall–Kier alpha value is -2.92. The summed E-state index contributed by atoms with van der Waals surface area (Å²) in [6.45, 7) is 4.64. The van der Waals surface area contributed by atoms with Crippen LogP contribution in [-0.4, -0.2) is 49.4 Å². The van der Waals surface area contributed by atoms with Crippen molar-refractivity contribution in [2.45, 2.75) is 25.4 Å². The Labute approximate surface area is 156 Å². The summed E-state index contributed by atoms with van der Waals surface area (Å²) in [6, 6.07) is 6.65. The first kappa shape index (κ1) is 20.4. The summed E-state index contributed by atoms with van der Waals surface area (Å²) >= 11 is 0. The van der Waals surface area contributed by atoms with Gasteiger partial charge < -0.3 is 10.1 Å². The molecule has 0 saturated carbocycles. The molecule has 1 aromatic rings. The summed E-state index contributed by atoms with van der Waals surface area (Å²) in [5.74, 6) is -1.72. The zero-order chi connectivity index (χ0) is 20.0. The normalized spacial score (nSPS) is 19.2. The molecular weight excluding hydrogens is 376 g/mol. The number of ether oxygens (including phenoxy) is 1. The van der Waals surface area contributed by atoms with Gasteiger partial charge in [-0.1, -0.05) is 43.0 Å². The van der Waals surface area contributed by atoms with Gasteiger partial charge in [-0.25, -0.2) is 10.2 Å². The van der Waals surface area contributed by atoms with E-state index in [1.54, 1.807) is 30.3 Å². The van der Waals surface area contributed by atoms with Crippen LogP contribution in [0.2, 0.25) is 0 Å². The molecule has 2 rings (SSSR count). The van der Waals surface area contributed by atoms with Crippen molar-refractivity contribution in [1.29, 1.82) is 0 Å². The first-order valence-corrected chi connectivity index (χ1v) is 9.43. The molecule has 1 aromatic carbocycles. The van der Waals surface area contributed by atoms with Crippen LogP contribution in [0.5, 0.6) is 0 Å². The molecule has 3 N–H and O–H groups in total. The number of hydrazine groups is 1. The fraction of sp³-hybridized carbons (Fsp3) is 0.312. The van der Waals surface area contributed by atoms with Gasteiger partial charge in [-0.05, 0) is 18.9 Å². The highest BCUT2D eigenvalue weighted by Crippen LogP contribution is 2.14. The maximum absolute atomic E-state index is 12.4. The fourth-order valence-electron chi connectivity index (χ4n) is 2.25. The van der Waals surface area contributed by atoms with Crippen LogP contribution in [0.1, 0.15) is 12.5 Å². The summed E-state index contributed by atoms with van der Waals surface area (Å²) in [5, 5.41) is 2.21. The van der Waals surface area contributed by atoms with Crippen LogP contribution in [-0.2, 0) is 31.0 Å². The van der Waals surface area contributed by atoms with Gasteiger partial charge in [0.2, 0.25) is 0 Å². The SMILES string of the molecule is C=CCOC(=O)N[C@@H](C)C(=O)NN1C(=O)[C@@H](Cc2ccccc2)NS1(=O)=O. The fourth-order valence-corrected chi connectivity index (χ4v) is 3.48. The lowest BCUT2D eigenvalue weighted by atomic mass is 10.1. The Morgan fingerprint density at radius 2 is 2.04 bits per heavy atom. The Balaban J connectivity index is 2.00. The number of benzene rings is 1. The van der Waals surface area contributed by atoms with Gasteiger partial charge in [-0.15, -0.1) is 4.41 Å². The molecule has 146 valence electrons. The quantitative estimate of drug-likeness (QED) is 0.537. The lowest BCUT2D eigenvalue weighted by Gasteiger charge is -2.19. The van der Waals surface area contributed by atoms with Crippen molar-refractivity contribution in [3.63, 3.8) is 0 Å². The maximum Gasteiger partial charge on any atom is 0.408 e. The number of nitrogens with one attached hydrogen (secondary N) is 3. The zero-order valence-electron chi connectivity index (χ0n) is 14.5. The first-order valence-electron chi connectivity index (χ1n) is 7.99. The molecule has 0 spiro atoms. The van der Waals surface area contributed by atoms with Crippen molar-refractivity contribution in [2.75, 3.05) is 6.61 Å². The third-order valence-corrected chi connectivity index (χ3v) is 4.92. The van der Waals surface area contributed by atoms with Gasteiger partial charge >= 0.3 is 16.3 Å². The summed E-state index contributed by atoms with van der Waals surface area (Å²) in [7, 11) is -4.23. The van der Waals surface area contributed by atoms with Crippen molar-refractivity contribution in [3.8, 4) is 0 Å². The van der Waals surface area contributed by atoms with E-state index < -0.39 is 40.2 Å². The van der Waals surface area contributed by atoms with Crippen LogP contribution in [0.25, 0.3) is 0 Å². The summed E-state index contributed by atoms with van der Waals surface area (Å²) in [6.07, 6.45) is 0.596. The average Bonchev–Trinajstić information content (AvgIpc) is 2.83. The van der Waals surface area contributed by atoms with E-state index >= 15 is 0 Å². The van der Waals surface area contributed by atoms with Gasteiger partial charge in [0.05, 0.1) is 0 Å². The third kappa shape index (κ3) is 5.28. The standard InChI is InChI=1S/C16H20N4O6S/c1-3-9-26-16(23)17-11(2)14(21)18-20-15(22)13(19-27(20,24)25)10-12-7-5-4-6-8-12/h3-8,11,13,19H,1,9-10H2,2H3,(H,17,23)(H,18,21)/t11-,13+/m0/s1. The molecule has 0 bridgehead atoms. The molecule has 2 atom stereocenters. The molecule has 1 heterocycles. The minimum absolute atomic E-state index is 0.0513. The van der Waals surface area contributed by atoms with Crippen LogP contribution >= 0.6 is 0 Å². The van der Waals surface area contributed by atoms with Crippen LogP contribution < -0.4 is 15.5 Å². The van der Waals surface area contributed by atoms with E-state index in [9.17, 15) is 22.8 Å². The highest BCUT2D eigenvalue weighted by Gasteiger charge is 2.44. The molecule has 27 heavy (non-hydrogen) atoms. The van der Waals surface area contributed by atoms with Crippen molar-refractivity contribution in [2.24, 2.45) is 0 Å². The maximum atomic E-state index is 12.4. The number of hydrogen-bond acceptors (Lipinski definition) is 6. The number of carbonyl (C=O) groups excluding carboxylic acids is 3. The van der Waals surface area contributed by atoms with Crippen molar-refractivity contribution in [1.82, 2.24) is 19.9 Å². The molecular formula is C16H20N4O6S. The van der Waals surface area contributed by atoms with Crippen LogP contribution in [0, 0.1) is 0 Å². The number of amides is 3. The predicted molar refractivity (Wildman–Crippen MR) is 95.1 cm³/mol. The minimum atomic E-state index is -4.23. The van der Waals surface area contributed by atoms with Gasteiger partial charge in [0, 0.05) is 0 Å². The van der Waals surface area contributed by atoms with E-state index in [0.717, 1.165) is 5.56 Å². The number of hydrogen-bond donors (Lipinski definition) is 3. The minimum Gasteiger partial charge on any atom is -0.445 e. The van der Waals surface area contributed by atoms with Gasteiger partial charge in [0.25, 0.3) is 11.8 Å². The second-order valence-electron chi connectivity index (χ2n) is 5.70. The highest BCUT2D eigenvalue weighted by atomic mass is 32.2. The van der Waals surface area contributed by atoms with Gasteiger partial charge in [0.1, 0.15) is 18.7 Å². The number of rotatable bonds is 7. The molecule has 1 aliphatic heterocycles. The first-order chi connectivity index (χ1) is 12.7. The Morgan fingerprint density at radius 3 is 2.67 bits per heavy atom. The lowest BCUT2D eigenvalue weighted by molar-refractivity contribution is -0.136. The number of carbonyl (C=O) groups is 3. The topological polar surface area (TPSA) is 134 Å². The predicted octanol–water partition coefficient (Wildman–Crippen LogP) is -0.394. The Bertz CT molecular complexity index is 827. The molecule has 1 fully saturated rings. The Morgan fingerprint density at radius 1 is 1.37 bits per heavy atom. The van der Waals surface area contributed by atoms with Gasteiger partial charge in [-0.2, -0.15) is 13.1 Å². The van der Waals surface area contributed by atoms with Crippen molar-refractivity contribution in [3.05, 3.63) is 48.6 Å². The third-order valence-electron chi connectivity index (χ3n) is 3.58. The molecule has 10 nitrogen and oxygen atoms in total. The van der Waals surface area contributed by atoms with Crippen molar-refractivity contribution >= 4 is 28.1 Å². The molecule has 0 aromatic heterocycles. The monoisotopic (exact) mass is 396 g/mol. The smallest absolute Gasteiger partial charge is 0.408 e. The van der Waals surface area contributed by atoms with E-state index in [2.05, 4.69) is 21.4 Å². The molecule has 3 amide bonds. The second-order valence-corrected chi connectivity index (χ2v) is 7.25. The Kier molecular flexibility index (Phi) is 6.53. The lowest BCUT2D eigenvalue weighted by Crippen LogP contribution is -2.53. The molecule has 0 aliphatic carbocycles. The van der Waals surface area contributed by atoms with E-state index in [4.69, 9.17) is 0 Å². The number of alkyl carbamates (subject to hydrolysis) is 1. The largest absolute Gasteiger partial charge is 0.445 e. The van der Waals surface area contributed by atoms with Crippen LogP contribution in [0.15, 0.2) is 43.0 Å². The van der Waals surface area contributed by atoms with E-state index in [-0.39, 0.29) is 17.4 Å². The molecule has 0 unspecified atom stereocenters. The van der Waals surface area contributed by atoms with Crippen LogP contribution in [0.3, 0.4) is 0 Å². The molecule has 0 radical (unpaired) electrons. The zero-order valence-corrected chi connectivity index (χ0v) is 15.4. The number of nitrogens with zero attached hydrogens (tertiary/aromatic N) is 1. The van der Waals surface area contributed by atoms with E-state index in [1.807, 2.05) is 5.43 Å². The molecule has 1 aliphatic rings. The summed E-state index contributed by atoms with van der Waals surface area (Å²) < 4.78 is 31.4. The van der Waals surface area contributed by atoms with Crippen LogP contribution in [0.4, 0.5) is 4.79 Å². The molecule has 11 heteroatoms. The van der Waals surface area contributed by atoms with Gasteiger partial charge in [0.15, 0.2) is 0 Å². The average molecular weight is 396 g/mol. The van der Waals surface area contributed by atoms with Crippen molar-refractivity contribution < 1.29 is 27.5 Å². The van der Waals surface area contributed by atoms with E-state index in [1.165, 1.54) is 13.0 Å². The molecule has 1 saturated heterocycles. The van der Waals surface area contributed by atoms with Gasteiger partial charge in [-0.3, -0.25) is 9.59 Å².